The summed E-state index contributed by atoms with van der Waals surface area (Å²) < 4.78 is 0. The Hall–Kier alpha value is -1.98. The van der Waals surface area contributed by atoms with Crippen LogP contribution in [0, 0.1) is 20.8 Å². The second-order valence-corrected chi connectivity index (χ2v) is 8.36. The zero-order chi connectivity index (χ0) is 20.7. The molecule has 0 aliphatic heterocycles. The van der Waals surface area contributed by atoms with Crippen molar-refractivity contribution in [2.45, 2.75) is 39.0 Å². The summed E-state index contributed by atoms with van der Waals surface area (Å²) in [5.74, 6) is 0.450. The number of carbonyl (C=O) groups is 2. The van der Waals surface area contributed by atoms with Gasteiger partial charge in [0.2, 0.25) is 11.8 Å². The maximum Gasteiger partial charge on any atom is 0.244 e. The van der Waals surface area contributed by atoms with Crippen LogP contribution in [0.25, 0.3) is 0 Å². The van der Waals surface area contributed by atoms with Crippen molar-refractivity contribution in [1.29, 1.82) is 0 Å². The maximum atomic E-state index is 12.5. The van der Waals surface area contributed by atoms with Crippen molar-refractivity contribution in [2.75, 3.05) is 24.2 Å². The van der Waals surface area contributed by atoms with Crippen LogP contribution in [-0.2, 0) is 9.59 Å². The van der Waals surface area contributed by atoms with Crippen LogP contribution in [0.3, 0.4) is 0 Å². The van der Waals surface area contributed by atoms with Gasteiger partial charge < -0.3 is 10.2 Å². The molecule has 0 spiro atoms. The van der Waals surface area contributed by atoms with Crippen LogP contribution in [0.15, 0.2) is 41.3 Å². The summed E-state index contributed by atoms with van der Waals surface area (Å²) in [5.41, 5.74) is 4.11. The number of anilines is 1. The SMILES string of the molecule is CCN(CC(=O)Nc1cc(Cl)ccc1C)C(=O)CCSc1ccc(C)c(C)c1. The predicted molar refractivity (Wildman–Crippen MR) is 118 cm³/mol. The second kappa shape index (κ2) is 10.5. The Morgan fingerprint density at radius 1 is 1.04 bits per heavy atom. The van der Waals surface area contributed by atoms with Crippen LogP contribution in [0.1, 0.15) is 30.0 Å². The molecular formula is C22H27ClN2O2S. The van der Waals surface area contributed by atoms with E-state index in [0.29, 0.717) is 29.4 Å². The lowest BCUT2D eigenvalue weighted by molar-refractivity contribution is -0.134. The number of aryl methyl sites for hydroxylation is 3. The molecule has 6 heteroatoms. The number of carbonyl (C=O) groups excluding carboxylic acids is 2. The van der Waals surface area contributed by atoms with Gasteiger partial charge in [0, 0.05) is 34.3 Å². The Bertz CT molecular complexity index is 854. The molecule has 150 valence electrons. The molecule has 0 aliphatic carbocycles. The lowest BCUT2D eigenvalue weighted by atomic mass is 10.1. The molecule has 0 aliphatic rings. The number of likely N-dealkylation sites (N-methyl/N-ethyl adjacent to an activating group) is 1. The Balaban J connectivity index is 1.85. The molecule has 28 heavy (non-hydrogen) atoms. The Kier molecular flexibility index (Phi) is 8.39. The molecule has 0 fully saturated rings. The monoisotopic (exact) mass is 418 g/mol. The number of rotatable bonds is 8. The fourth-order valence-electron chi connectivity index (χ4n) is 2.69. The average molecular weight is 419 g/mol. The van der Waals surface area contributed by atoms with E-state index in [0.717, 1.165) is 10.5 Å². The molecule has 4 nitrogen and oxygen atoms in total. The smallest absolute Gasteiger partial charge is 0.244 e. The molecule has 0 saturated carbocycles. The third kappa shape index (κ3) is 6.57. The largest absolute Gasteiger partial charge is 0.334 e. The quantitative estimate of drug-likeness (QED) is 0.597. The molecule has 2 rings (SSSR count). The van der Waals surface area contributed by atoms with Gasteiger partial charge in [0.1, 0.15) is 0 Å². The third-order valence-corrected chi connectivity index (χ3v) is 5.84. The summed E-state index contributed by atoms with van der Waals surface area (Å²) >= 11 is 7.65. The molecule has 2 aromatic carbocycles. The van der Waals surface area contributed by atoms with Crippen LogP contribution in [0.4, 0.5) is 5.69 Å². The minimum Gasteiger partial charge on any atom is -0.334 e. The molecule has 0 saturated heterocycles. The summed E-state index contributed by atoms with van der Waals surface area (Å²) in [4.78, 5) is 27.6. The highest BCUT2D eigenvalue weighted by molar-refractivity contribution is 7.99. The molecule has 2 amide bonds. The van der Waals surface area contributed by atoms with Gasteiger partial charge in [-0.2, -0.15) is 0 Å². The van der Waals surface area contributed by atoms with Crippen molar-refractivity contribution in [2.24, 2.45) is 0 Å². The van der Waals surface area contributed by atoms with Crippen LogP contribution < -0.4 is 5.32 Å². The predicted octanol–water partition coefficient (Wildman–Crippen LogP) is 5.23. The highest BCUT2D eigenvalue weighted by Crippen LogP contribution is 2.22. The van der Waals surface area contributed by atoms with Crippen LogP contribution in [0.5, 0.6) is 0 Å². The van der Waals surface area contributed by atoms with E-state index in [4.69, 9.17) is 11.6 Å². The first kappa shape index (κ1) is 22.3. The molecule has 0 atom stereocenters. The van der Waals surface area contributed by atoms with E-state index in [-0.39, 0.29) is 18.4 Å². The molecule has 0 aromatic heterocycles. The van der Waals surface area contributed by atoms with E-state index in [1.54, 1.807) is 28.8 Å². The minimum atomic E-state index is -0.220. The molecule has 1 N–H and O–H groups in total. The normalized spacial score (nSPS) is 10.6. The van der Waals surface area contributed by atoms with Crippen LogP contribution >= 0.6 is 23.4 Å². The zero-order valence-corrected chi connectivity index (χ0v) is 18.4. The van der Waals surface area contributed by atoms with Crippen molar-refractivity contribution >= 4 is 40.9 Å². The third-order valence-electron chi connectivity index (χ3n) is 4.61. The fraction of sp³-hybridized carbons (Fsp3) is 0.364. The first-order chi connectivity index (χ1) is 13.3. The van der Waals surface area contributed by atoms with E-state index >= 15 is 0 Å². The molecule has 0 radical (unpaired) electrons. The van der Waals surface area contributed by atoms with E-state index in [1.807, 2.05) is 19.9 Å². The topological polar surface area (TPSA) is 49.4 Å². The fourth-order valence-corrected chi connectivity index (χ4v) is 3.80. The second-order valence-electron chi connectivity index (χ2n) is 6.76. The summed E-state index contributed by atoms with van der Waals surface area (Å²) in [7, 11) is 0. The number of hydrogen-bond donors (Lipinski definition) is 1. The summed E-state index contributed by atoms with van der Waals surface area (Å²) in [5, 5.41) is 3.40. The van der Waals surface area contributed by atoms with Crippen molar-refractivity contribution in [3.63, 3.8) is 0 Å². The Morgan fingerprint density at radius 3 is 2.43 bits per heavy atom. The average Bonchev–Trinajstić information content (AvgIpc) is 2.65. The van der Waals surface area contributed by atoms with E-state index in [2.05, 4.69) is 37.4 Å². The molecule has 0 heterocycles. The van der Waals surface area contributed by atoms with Crippen molar-refractivity contribution < 1.29 is 9.59 Å². The molecule has 0 unspecified atom stereocenters. The molecule has 0 bridgehead atoms. The summed E-state index contributed by atoms with van der Waals surface area (Å²) in [6.07, 6.45) is 0.398. The number of nitrogens with zero attached hydrogens (tertiary/aromatic N) is 1. The number of hydrogen-bond acceptors (Lipinski definition) is 3. The van der Waals surface area contributed by atoms with Crippen LogP contribution in [-0.4, -0.2) is 35.6 Å². The standard InChI is InChI=1S/C22H27ClN2O2S/c1-5-25(14-21(26)24-20-13-18(23)8-6-16(20)3)22(27)10-11-28-19-9-7-15(2)17(4)12-19/h6-9,12-13H,5,10-11,14H2,1-4H3,(H,24,26). The van der Waals surface area contributed by atoms with Crippen molar-refractivity contribution in [1.82, 2.24) is 4.90 Å². The first-order valence-electron chi connectivity index (χ1n) is 9.34. The summed E-state index contributed by atoms with van der Waals surface area (Å²) in [6, 6.07) is 11.7. The van der Waals surface area contributed by atoms with Gasteiger partial charge in [-0.15, -0.1) is 11.8 Å². The molecule has 2 aromatic rings. The van der Waals surface area contributed by atoms with Crippen molar-refractivity contribution in [3.05, 3.63) is 58.1 Å². The lowest BCUT2D eigenvalue weighted by Crippen LogP contribution is -2.38. The molecular weight excluding hydrogens is 392 g/mol. The van der Waals surface area contributed by atoms with Gasteiger partial charge in [-0.05, 0) is 68.7 Å². The van der Waals surface area contributed by atoms with Gasteiger partial charge in [-0.1, -0.05) is 23.7 Å². The van der Waals surface area contributed by atoms with Gasteiger partial charge in [0.15, 0.2) is 0 Å². The lowest BCUT2D eigenvalue weighted by Gasteiger charge is -2.20. The number of thioether (sulfide) groups is 1. The maximum absolute atomic E-state index is 12.5. The Morgan fingerprint density at radius 2 is 1.75 bits per heavy atom. The highest BCUT2D eigenvalue weighted by Gasteiger charge is 2.16. The van der Waals surface area contributed by atoms with Gasteiger partial charge >= 0.3 is 0 Å². The van der Waals surface area contributed by atoms with Crippen LogP contribution in [0.2, 0.25) is 5.02 Å². The Labute approximate surface area is 176 Å². The van der Waals surface area contributed by atoms with E-state index in [1.165, 1.54) is 11.1 Å². The minimum absolute atomic E-state index is 0.0169. The summed E-state index contributed by atoms with van der Waals surface area (Å²) in [6.45, 7) is 8.49. The first-order valence-corrected chi connectivity index (χ1v) is 10.7. The number of amides is 2. The number of benzene rings is 2. The van der Waals surface area contributed by atoms with Gasteiger partial charge in [0.25, 0.3) is 0 Å². The van der Waals surface area contributed by atoms with E-state index in [9.17, 15) is 9.59 Å². The highest BCUT2D eigenvalue weighted by atomic mass is 35.5. The van der Waals surface area contributed by atoms with Gasteiger partial charge in [-0.25, -0.2) is 0 Å². The van der Waals surface area contributed by atoms with Gasteiger partial charge in [-0.3, -0.25) is 9.59 Å². The number of nitrogens with one attached hydrogen (secondary N) is 1. The van der Waals surface area contributed by atoms with E-state index < -0.39 is 0 Å². The zero-order valence-electron chi connectivity index (χ0n) is 16.8. The van der Waals surface area contributed by atoms with Gasteiger partial charge in [0.05, 0.1) is 6.54 Å². The number of halogens is 1. The van der Waals surface area contributed by atoms with Crippen molar-refractivity contribution in [3.8, 4) is 0 Å².